The second kappa shape index (κ2) is 16.1. The SMILES string of the molecule is c1ccc(-c2cccc3c2oc2c(-c4ccc(N(c5ccc6c(c5)c5ccc7sc8ccccc8c7c5n6-c5ccccc5)c5cccc6c5-c5ccccc5C65c6ccccc6-c6ccccc65)cc4)cccc23)cc1. The van der Waals surface area contributed by atoms with Crippen LogP contribution in [0.4, 0.5) is 17.1 Å². The smallest absolute Gasteiger partial charge is 0.143 e. The molecule has 0 radical (unpaired) electrons. The van der Waals surface area contributed by atoms with Gasteiger partial charge in [0.1, 0.15) is 11.2 Å². The van der Waals surface area contributed by atoms with Gasteiger partial charge in [0.15, 0.2) is 0 Å². The number of fused-ring (bicyclic) bond motifs is 20. The Labute approximate surface area is 448 Å². The number of para-hydroxylation sites is 3. The molecule has 3 heterocycles. The number of hydrogen-bond donors (Lipinski definition) is 0. The lowest BCUT2D eigenvalue weighted by atomic mass is 9.70. The molecule has 17 rings (SSSR count). The number of thiophene rings is 1. The van der Waals surface area contributed by atoms with Gasteiger partial charge in [0, 0.05) is 75.5 Å². The average molecular weight is 997 g/mol. The fourth-order valence-electron chi connectivity index (χ4n) is 13.7. The molecule has 3 aromatic heterocycles. The van der Waals surface area contributed by atoms with Gasteiger partial charge in [-0.25, -0.2) is 0 Å². The van der Waals surface area contributed by atoms with E-state index in [2.05, 4.69) is 276 Å². The molecule has 77 heavy (non-hydrogen) atoms. The van der Waals surface area contributed by atoms with E-state index in [1.807, 2.05) is 11.3 Å². The fraction of sp³-hybridized carbons (Fsp3) is 0.0137. The molecular formula is C73H44N2OS. The minimum atomic E-state index is -0.488. The molecule has 0 amide bonds. The van der Waals surface area contributed by atoms with Crippen LogP contribution in [0.2, 0.25) is 0 Å². The number of nitrogens with zero attached hydrogens (tertiary/aromatic N) is 2. The zero-order valence-electron chi connectivity index (χ0n) is 41.6. The number of anilines is 3. The zero-order chi connectivity index (χ0) is 50.3. The number of rotatable bonds is 6. The summed E-state index contributed by atoms with van der Waals surface area (Å²) in [5.74, 6) is 0. The highest BCUT2D eigenvalue weighted by Crippen LogP contribution is 2.65. The van der Waals surface area contributed by atoms with Gasteiger partial charge in [-0.2, -0.15) is 0 Å². The van der Waals surface area contributed by atoms with Gasteiger partial charge in [0.25, 0.3) is 0 Å². The fourth-order valence-corrected chi connectivity index (χ4v) is 14.8. The number of hydrogen-bond acceptors (Lipinski definition) is 3. The van der Waals surface area contributed by atoms with Crippen LogP contribution in [0.15, 0.2) is 271 Å². The maximum atomic E-state index is 6.96. The summed E-state index contributed by atoms with van der Waals surface area (Å²) < 4.78 is 12.0. The van der Waals surface area contributed by atoms with Crippen LogP contribution >= 0.6 is 11.3 Å². The van der Waals surface area contributed by atoms with Crippen LogP contribution in [-0.2, 0) is 5.41 Å². The number of benzene rings is 12. The average Bonchev–Trinajstić information content (AvgIpc) is 4.23. The summed E-state index contributed by atoms with van der Waals surface area (Å²) in [7, 11) is 0. The standard InChI is InChI=1S/C73H44N2OS/c1-3-18-45(19-4-1)50-26-15-28-55-56-29-16-27-51(72(56)76-71(50)55)46-36-38-48(39-37-46)74(65-34-17-33-63-68(65)57-24-9-13-32-62(57)73(63)60-30-11-7-22-52(60)53-23-8-12-31-61(53)73)49-40-42-64-59(44-49)54-41-43-67-69(58-25-10-14-35-66(58)77-67)70(54)75(64)47-20-5-2-6-21-47/h1-44H. The van der Waals surface area contributed by atoms with Crippen molar-refractivity contribution in [2.45, 2.75) is 5.41 Å². The van der Waals surface area contributed by atoms with Crippen LogP contribution in [0.3, 0.4) is 0 Å². The van der Waals surface area contributed by atoms with E-state index >= 15 is 0 Å². The predicted octanol–water partition coefficient (Wildman–Crippen LogP) is 20.2. The molecule has 0 unspecified atom stereocenters. The zero-order valence-corrected chi connectivity index (χ0v) is 42.4. The van der Waals surface area contributed by atoms with Gasteiger partial charge in [-0.3, -0.25) is 0 Å². The van der Waals surface area contributed by atoms with Crippen molar-refractivity contribution in [1.29, 1.82) is 0 Å². The minimum absolute atomic E-state index is 0.488. The molecule has 0 N–H and O–H groups in total. The Kier molecular flexibility index (Phi) is 8.92. The first-order valence-corrected chi connectivity index (χ1v) is 27.3. The molecule has 0 saturated heterocycles. The van der Waals surface area contributed by atoms with E-state index in [1.165, 1.54) is 86.5 Å². The quantitative estimate of drug-likeness (QED) is 0.166. The van der Waals surface area contributed by atoms with E-state index in [1.54, 1.807) is 0 Å². The number of furan rings is 1. The Hall–Kier alpha value is -9.74. The highest BCUT2D eigenvalue weighted by molar-refractivity contribution is 7.26. The molecule has 1 spiro atoms. The van der Waals surface area contributed by atoms with Crippen molar-refractivity contribution < 1.29 is 4.42 Å². The molecule has 2 aliphatic rings. The minimum Gasteiger partial charge on any atom is -0.455 e. The topological polar surface area (TPSA) is 21.3 Å². The van der Waals surface area contributed by atoms with Gasteiger partial charge in [-0.15, -0.1) is 11.3 Å². The molecular weight excluding hydrogens is 953 g/mol. The molecule has 0 fully saturated rings. The molecule has 0 aliphatic heterocycles. The lowest BCUT2D eigenvalue weighted by Gasteiger charge is -2.32. The van der Waals surface area contributed by atoms with E-state index in [0.29, 0.717) is 0 Å². The van der Waals surface area contributed by atoms with Crippen LogP contribution in [-0.4, -0.2) is 4.57 Å². The highest BCUT2D eigenvalue weighted by atomic mass is 32.1. The van der Waals surface area contributed by atoms with Crippen LogP contribution in [0.25, 0.3) is 114 Å². The van der Waals surface area contributed by atoms with E-state index in [9.17, 15) is 0 Å². The summed E-state index contributed by atoms with van der Waals surface area (Å²) in [5.41, 5.74) is 22.9. The maximum Gasteiger partial charge on any atom is 0.143 e. The molecule has 0 saturated carbocycles. The second-order valence-corrected chi connectivity index (χ2v) is 21.7. The summed E-state index contributed by atoms with van der Waals surface area (Å²) in [6, 6.07) is 98.7. The van der Waals surface area contributed by atoms with Crippen molar-refractivity contribution in [2.75, 3.05) is 4.90 Å². The highest BCUT2D eigenvalue weighted by Gasteiger charge is 2.52. The Morgan fingerprint density at radius 3 is 1.62 bits per heavy atom. The van der Waals surface area contributed by atoms with Crippen molar-refractivity contribution >= 4 is 92.3 Å². The van der Waals surface area contributed by atoms with Crippen molar-refractivity contribution in [3.63, 3.8) is 0 Å². The summed E-state index contributed by atoms with van der Waals surface area (Å²) in [4.78, 5) is 2.52. The molecule has 2 aliphatic carbocycles. The predicted molar refractivity (Wildman–Crippen MR) is 323 cm³/mol. The molecule has 12 aromatic carbocycles. The van der Waals surface area contributed by atoms with E-state index in [0.717, 1.165) is 66.9 Å². The first kappa shape index (κ1) is 42.6. The molecule has 15 aromatic rings. The summed E-state index contributed by atoms with van der Waals surface area (Å²) in [6.07, 6.45) is 0. The van der Waals surface area contributed by atoms with Crippen LogP contribution in [0.1, 0.15) is 22.3 Å². The molecule has 3 nitrogen and oxygen atoms in total. The lowest BCUT2D eigenvalue weighted by molar-refractivity contribution is 0.671. The molecule has 358 valence electrons. The molecule has 4 heteroatoms. The van der Waals surface area contributed by atoms with E-state index in [-0.39, 0.29) is 0 Å². The van der Waals surface area contributed by atoms with Crippen LogP contribution < -0.4 is 4.90 Å². The summed E-state index contributed by atoms with van der Waals surface area (Å²) in [6.45, 7) is 0. The Bertz CT molecular complexity index is 4880. The second-order valence-electron chi connectivity index (χ2n) is 20.6. The van der Waals surface area contributed by atoms with Gasteiger partial charge in [-0.05, 0) is 111 Å². The third-order valence-electron chi connectivity index (χ3n) is 16.8. The van der Waals surface area contributed by atoms with Crippen molar-refractivity contribution in [2.24, 2.45) is 0 Å². The first-order valence-electron chi connectivity index (χ1n) is 26.5. The summed E-state index contributed by atoms with van der Waals surface area (Å²) in [5, 5.41) is 7.25. The van der Waals surface area contributed by atoms with Crippen molar-refractivity contribution in [1.82, 2.24) is 4.57 Å². The monoisotopic (exact) mass is 996 g/mol. The Balaban J connectivity index is 0.916. The first-order chi connectivity index (χ1) is 38.2. The van der Waals surface area contributed by atoms with Gasteiger partial charge < -0.3 is 13.9 Å². The maximum absolute atomic E-state index is 6.96. The summed E-state index contributed by atoms with van der Waals surface area (Å²) >= 11 is 1.87. The van der Waals surface area contributed by atoms with E-state index in [4.69, 9.17) is 4.42 Å². The Morgan fingerprint density at radius 1 is 0.364 bits per heavy atom. The molecule has 0 bridgehead atoms. The Morgan fingerprint density at radius 2 is 0.909 bits per heavy atom. The van der Waals surface area contributed by atoms with E-state index < -0.39 is 5.41 Å². The van der Waals surface area contributed by atoms with Gasteiger partial charge in [0.05, 0.1) is 22.1 Å². The molecule has 0 atom stereocenters. The third-order valence-corrected chi connectivity index (χ3v) is 17.9. The number of aromatic nitrogens is 1. The van der Waals surface area contributed by atoms with Gasteiger partial charge in [-0.1, -0.05) is 206 Å². The lowest BCUT2D eigenvalue weighted by Crippen LogP contribution is -2.26. The van der Waals surface area contributed by atoms with Gasteiger partial charge in [0.2, 0.25) is 0 Å². The normalized spacial score (nSPS) is 13.0. The van der Waals surface area contributed by atoms with Crippen molar-refractivity contribution in [3.8, 4) is 50.2 Å². The van der Waals surface area contributed by atoms with Gasteiger partial charge >= 0.3 is 0 Å². The van der Waals surface area contributed by atoms with Crippen LogP contribution in [0, 0.1) is 0 Å². The van der Waals surface area contributed by atoms with Crippen molar-refractivity contribution in [3.05, 3.63) is 289 Å². The largest absolute Gasteiger partial charge is 0.455 e. The third kappa shape index (κ3) is 5.85. The van der Waals surface area contributed by atoms with Crippen LogP contribution in [0.5, 0.6) is 0 Å².